The van der Waals surface area contributed by atoms with Crippen LogP contribution >= 0.6 is 12.4 Å². The number of aromatic nitrogens is 4. The molecular weight excluding hydrogens is 398 g/mol. The number of carbonyl (C=O) groups excluding carboxylic acids is 1. The van der Waals surface area contributed by atoms with Crippen molar-refractivity contribution in [1.29, 1.82) is 0 Å². The van der Waals surface area contributed by atoms with Gasteiger partial charge in [0.25, 0.3) is 5.56 Å². The van der Waals surface area contributed by atoms with E-state index in [1.165, 1.54) is 11.6 Å². The molecule has 2 aliphatic heterocycles. The number of rotatable bonds is 3. The number of nitrogens with zero attached hydrogens (tertiary/aromatic N) is 5. The van der Waals surface area contributed by atoms with Crippen LogP contribution in [0.15, 0.2) is 9.59 Å². The van der Waals surface area contributed by atoms with Crippen LogP contribution in [0.4, 0.5) is 5.95 Å². The van der Waals surface area contributed by atoms with E-state index in [9.17, 15) is 14.4 Å². The van der Waals surface area contributed by atoms with E-state index in [2.05, 4.69) is 27.4 Å². The lowest BCUT2D eigenvalue weighted by atomic mass is 10.2. The Hall–Kier alpha value is -2.77. The van der Waals surface area contributed by atoms with Gasteiger partial charge < -0.3 is 15.5 Å². The third kappa shape index (κ3) is 3.41. The van der Waals surface area contributed by atoms with Gasteiger partial charge in [0.2, 0.25) is 11.9 Å². The first kappa shape index (κ1) is 21.0. The largest absolute Gasteiger partial charge is 0.354 e. The van der Waals surface area contributed by atoms with Crippen LogP contribution in [0.1, 0.15) is 19.4 Å². The quantitative estimate of drug-likeness (QED) is 0.604. The molecule has 4 rings (SSSR count). The van der Waals surface area contributed by atoms with Crippen molar-refractivity contribution in [3.8, 4) is 11.8 Å². The lowest BCUT2D eigenvalue weighted by Crippen LogP contribution is -2.44. The molecule has 11 heteroatoms. The summed E-state index contributed by atoms with van der Waals surface area (Å²) < 4.78 is 4.18. The number of carbonyl (C=O) groups is 1. The van der Waals surface area contributed by atoms with Gasteiger partial charge in [0.1, 0.15) is 6.04 Å². The minimum atomic E-state index is -0.668. The van der Waals surface area contributed by atoms with Gasteiger partial charge in [0, 0.05) is 39.8 Å². The van der Waals surface area contributed by atoms with Crippen molar-refractivity contribution in [1.82, 2.24) is 29.3 Å². The zero-order valence-corrected chi connectivity index (χ0v) is 17.2. The summed E-state index contributed by atoms with van der Waals surface area (Å²) in [5.74, 6) is 6.23. The zero-order chi connectivity index (χ0) is 19.8. The van der Waals surface area contributed by atoms with Crippen LogP contribution in [0.2, 0.25) is 0 Å². The summed E-state index contributed by atoms with van der Waals surface area (Å²) in [7, 11) is 1.43. The number of hydrogen-bond acceptors (Lipinski definition) is 6. The van der Waals surface area contributed by atoms with Crippen molar-refractivity contribution < 1.29 is 4.79 Å². The summed E-state index contributed by atoms with van der Waals surface area (Å²) in [4.78, 5) is 45.0. The molecule has 0 spiro atoms. The van der Waals surface area contributed by atoms with Gasteiger partial charge in [-0.1, -0.05) is 5.92 Å². The van der Waals surface area contributed by atoms with Crippen LogP contribution in [-0.2, 0) is 18.4 Å². The van der Waals surface area contributed by atoms with E-state index in [4.69, 9.17) is 4.98 Å². The number of hydrogen-bond donors (Lipinski definition) is 2. The van der Waals surface area contributed by atoms with Gasteiger partial charge >= 0.3 is 5.69 Å². The molecule has 2 aromatic rings. The summed E-state index contributed by atoms with van der Waals surface area (Å²) in [6.07, 6.45) is 0.483. The van der Waals surface area contributed by atoms with E-state index in [0.717, 1.165) is 30.7 Å². The minimum Gasteiger partial charge on any atom is -0.354 e. The fourth-order valence-electron chi connectivity index (χ4n) is 3.83. The number of piperazine rings is 1. The van der Waals surface area contributed by atoms with Crippen molar-refractivity contribution in [3.63, 3.8) is 0 Å². The number of anilines is 1. The highest BCUT2D eigenvalue weighted by molar-refractivity contribution is 5.85. The molecule has 1 unspecified atom stereocenters. The lowest BCUT2D eigenvalue weighted by molar-refractivity contribution is -0.121. The van der Waals surface area contributed by atoms with Crippen LogP contribution in [0.25, 0.3) is 11.2 Å². The van der Waals surface area contributed by atoms with E-state index in [-0.39, 0.29) is 30.5 Å². The van der Waals surface area contributed by atoms with Crippen molar-refractivity contribution in [3.05, 3.63) is 20.8 Å². The molecule has 0 aromatic carbocycles. The predicted molar refractivity (Wildman–Crippen MR) is 112 cm³/mol. The van der Waals surface area contributed by atoms with Gasteiger partial charge in [-0.25, -0.2) is 4.79 Å². The Morgan fingerprint density at radius 3 is 2.52 bits per heavy atom. The number of fused-ring (bicyclic) bond motifs is 1. The van der Waals surface area contributed by atoms with Crippen LogP contribution in [0.3, 0.4) is 0 Å². The highest BCUT2D eigenvalue weighted by Gasteiger charge is 2.32. The average molecular weight is 422 g/mol. The molecule has 0 bridgehead atoms. The molecule has 1 atom stereocenters. The topological polar surface area (TPSA) is 106 Å². The van der Waals surface area contributed by atoms with Gasteiger partial charge in [-0.15, -0.1) is 18.3 Å². The van der Waals surface area contributed by atoms with Gasteiger partial charge in [0.05, 0.1) is 6.54 Å². The van der Waals surface area contributed by atoms with Crippen molar-refractivity contribution in [2.24, 2.45) is 7.05 Å². The molecular formula is C18H24ClN7O3. The molecule has 2 fully saturated rings. The molecule has 2 aromatic heterocycles. The Morgan fingerprint density at radius 1 is 1.17 bits per heavy atom. The van der Waals surface area contributed by atoms with E-state index in [0.29, 0.717) is 24.4 Å². The summed E-state index contributed by atoms with van der Waals surface area (Å²) in [6.45, 7) is 5.59. The van der Waals surface area contributed by atoms with Gasteiger partial charge in [-0.3, -0.25) is 23.3 Å². The third-order valence-corrected chi connectivity index (χ3v) is 5.30. The standard InChI is InChI=1S/C18H23N7O3.ClH/c1-3-4-9-24-13-14(21-17(24)23-10-7-19-8-11-23)25(12-5-6-20-15(12)26)18(28)22(2)16(13)27;/h12,19H,5-11H2,1-2H3,(H,20,26);1H. The fraction of sp³-hybridized carbons (Fsp3) is 0.556. The molecule has 2 N–H and O–H groups in total. The fourth-order valence-corrected chi connectivity index (χ4v) is 3.83. The zero-order valence-electron chi connectivity index (χ0n) is 16.4. The van der Waals surface area contributed by atoms with Gasteiger partial charge in [-0.2, -0.15) is 4.98 Å². The van der Waals surface area contributed by atoms with Crippen molar-refractivity contribution >= 4 is 35.4 Å². The number of amides is 1. The lowest BCUT2D eigenvalue weighted by Gasteiger charge is -2.28. The number of nitrogens with one attached hydrogen (secondary N) is 2. The minimum absolute atomic E-state index is 0. The Morgan fingerprint density at radius 2 is 1.90 bits per heavy atom. The van der Waals surface area contributed by atoms with Crippen molar-refractivity contribution in [2.45, 2.75) is 25.9 Å². The molecule has 29 heavy (non-hydrogen) atoms. The van der Waals surface area contributed by atoms with Crippen LogP contribution in [-0.4, -0.2) is 57.3 Å². The van der Waals surface area contributed by atoms with Gasteiger partial charge in [-0.05, 0) is 13.3 Å². The van der Waals surface area contributed by atoms with E-state index in [1.807, 2.05) is 0 Å². The second kappa shape index (κ2) is 8.31. The highest BCUT2D eigenvalue weighted by atomic mass is 35.5. The predicted octanol–water partition coefficient (Wildman–Crippen LogP) is -1.19. The Kier molecular flexibility index (Phi) is 6.00. The molecule has 0 aliphatic carbocycles. The van der Waals surface area contributed by atoms with Crippen molar-refractivity contribution in [2.75, 3.05) is 37.6 Å². The summed E-state index contributed by atoms with van der Waals surface area (Å²) in [5, 5.41) is 6.04. The SMILES string of the molecule is CC#CCn1c(N2CCNCC2)nc2c1c(=O)n(C)c(=O)n2C1CCNC1=O.Cl. The molecule has 1 amide bonds. The summed E-state index contributed by atoms with van der Waals surface area (Å²) >= 11 is 0. The Bertz CT molecular complexity index is 1110. The second-order valence-electron chi connectivity index (χ2n) is 6.95. The second-order valence-corrected chi connectivity index (χ2v) is 6.95. The van der Waals surface area contributed by atoms with E-state index in [1.54, 1.807) is 11.5 Å². The van der Waals surface area contributed by atoms with Crippen LogP contribution in [0, 0.1) is 11.8 Å². The maximum Gasteiger partial charge on any atom is 0.333 e. The molecule has 2 saturated heterocycles. The first-order valence-electron chi connectivity index (χ1n) is 9.39. The normalized spacial score (nSPS) is 18.9. The average Bonchev–Trinajstić information content (AvgIpc) is 3.29. The smallest absolute Gasteiger partial charge is 0.333 e. The molecule has 0 radical (unpaired) electrons. The third-order valence-electron chi connectivity index (χ3n) is 5.30. The van der Waals surface area contributed by atoms with E-state index < -0.39 is 17.3 Å². The highest BCUT2D eigenvalue weighted by Crippen LogP contribution is 2.24. The van der Waals surface area contributed by atoms with Crippen LogP contribution < -0.4 is 26.8 Å². The van der Waals surface area contributed by atoms with Crippen LogP contribution in [0.5, 0.6) is 0 Å². The monoisotopic (exact) mass is 421 g/mol. The molecule has 2 aliphatic rings. The molecule has 4 heterocycles. The molecule has 10 nitrogen and oxygen atoms in total. The maximum absolute atomic E-state index is 13.0. The maximum atomic E-state index is 13.0. The first-order chi connectivity index (χ1) is 13.5. The Balaban J connectivity index is 0.00000240. The number of halogens is 1. The molecule has 156 valence electrons. The number of imidazole rings is 1. The summed E-state index contributed by atoms with van der Waals surface area (Å²) in [5.41, 5.74) is -0.404. The Labute approximate surface area is 173 Å². The van der Waals surface area contributed by atoms with Gasteiger partial charge in [0.15, 0.2) is 11.2 Å². The molecule has 0 saturated carbocycles. The summed E-state index contributed by atoms with van der Waals surface area (Å²) in [6, 6.07) is -0.668. The first-order valence-corrected chi connectivity index (χ1v) is 9.39. The van der Waals surface area contributed by atoms with E-state index >= 15 is 0 Å².